The Kier molecular flexibility index (Phi) is 4.21. The number of ether oxygens (including phenoxy) is 1. The van der Waals surface area contributed by atoms with E-state index in [1.807, 2.05) is 19.9 Å². The molecule has 2 aliphatic rings. The summed E-state index contributed by atoms with van der Waals surface area (Å²) in [6, 6.07) is 0. The number of fused-ring (bicyclic) bond motifs is 1. The first-order valence-corrected chi connectivity index (χ1v) is 7.40. The number of rotatable bonds is 3. The van der Waals surface area contributed by atoms with Gasteiger partial charge in [0.05, 0.1) is 5.60 Å². The molecule has 1 saturated carbocycles. The second-order valence-electron chi connectivity index (χ2n) is 6.63. The van der Waals surface area contributed by atoms with Crippen molar-refractivity contribution >= 4 is 0 Å². The normalized spacial score (nSPS) is 34.8. The summed E-state index contributed by atoms with van der Waals surface area (Å²) in [5.74, 6) is 8.81. The fourth-order valence-corrected chi connectivity index (χ4v) is 3.33. The van der Waals surface area contributed by atoms with Crippen LogP contribution in [0.3, 0.4) is 0 Å². The van der Waals surface area contributed by atoms with Crippen molar-refractivity contribution in [2.24, 2.45) is 17.8 Å². The zero-order chi connectivity index (χ0) is 14.0. The topological polar surface area (TPSA) is 9.23 Å². The van der Waals surface area contributed by atoms with E-state index >= 15 is 0 Å². The predicted octanol–water partition coefficient (Wildman–Crippen LogP) is 4.35. The van der Waals surface area contributed by atoms with Crippen molar-refractivity contribution in [1.29, 1.82) is 0 Å². The van der Waals surface area contributed by atoms with Crippen LogP contribution in [0.5, 0.6) is 0 Å². The molecular formula is C18H26O. The summed E-state index contributed by atoms with van der Waals surface area (Å²) in [6.07, 6.45) is 6.29. The molecule has 104 valence electrons. The van der Waals surface area contributed by atoms with Gasteiger partial charge in [0.25, 0.3) is 0 Å². The van der Waals surface area contributed by atoms with E-state index in [0.29, 0.717) is 11.8 Å². The molecule has 1 heteroatoms. The molecule has 1 nitrogen and oxygen atoms in total. The number of hydrogen-bond acceptors (Lipinski definition) is 1. The summed E-state index contributed by atoms with van der Waals surface area (Å²) in [5.41, 5.74) is 1.02. The first kappa shape index (κ1) is 14.4. The number of hydrogen-bond donors (Lipinski definition) is 0. The van der Waals surface area contributed by atoms with E-state index < -0.39 is 0 Å². The third kappa shape index (κ3) is 3.31. The van der Waals surface area contributed by atoms with Crippen LogP contribution in [0.2, 0.25) is 0 Å². The predicted molar refractivity (Wildman–Crippen MR) is 80.7 cm³/mol. The van der Waals surface area contributed by atoms with Crippen LogP contribution < -0.4 is 0 Å². The lowest BCUT2D eigenvalue weighted by Crippen LogP contribution is -2.29. The highest BCUT2D eigenvalue weighted by Crippen LogP contribution is 2.44. The molecule has 0 aliphatic heterocycles. The molecule has 0 bridgehead atoms. The Hall–Kier alpha value is -1.00. The molecule has 0 radical (unpaired) electrons. The van der Waals surface area contributed by atoms with E-state index in [1.54, 1.807) is 0 Å². The van der Waals surface area contributed by atoms with Crippen LogP contribution in [0.25, 0.3) is 0 Å². The molecule has 0 N–H and O–H groups in total. The molecule has 0 amide bonds. The van der Waals surface area contributed by atoms with Gasteiger partial charge in [0, 0.05) is 12.8 Å². The molecule has 0 aromatic rings. The summed E-state index contributed by atoms with van der Waals surface area (Å²) in [6.45, 7) is 14.6. The Morgan fingerprint density at radius 2 is 2.11 bits per heavy atom. The van der Waals surface area contributed by atoms with Gasteiger partial charge in [0.2, 0.25) is 0 Å². The molecule has 1 fully saturated rings. The smallest absolute Gasteiger partial charge is 0.123 e. The Balaban J connectivity index is 2.11. The second kappa shape index (κ2) is 5.55. The molecule has 0 aromatic carbocycles. The summed E-state index contributed by atoms with van der Waals surface area (Å²) in [7, 11) is 0. The van der Waals surface area contributed by atoms with Gasteiger partial charge < -0.3 is 4.74 Å². The standard InChI is InChI=1S/C18H26O/c1-6-18(4,5)19-15-8-7-9-16-13(2)10-11-17(16)14(3)12-15/h6,13,15-17H,1,3,9-12H2,2,4-5H3/t13-,15-,16+,17+/m1/s1. The van der Waals surface area contributed by atoms with Gasteiger partial charge >= 0.3 is 0 Å². The van der Waals surface area contributed by atoms with Gasteiger partial charge in [-0.3, -0.25) is 0 Å². The Bertz CT molecular complexity index is 421. The van der Waals surface area contributed by atoms with E-state index in [-0.39, 0.29) is 11.7 Å². The van der Waals surface area contributed by atoms with Crippen LogP contribution in [0, 0.1) is 29.6 Å². The van der Waals surface area contributed by atoms with Crippen LogP contribution >= 0.6 is 0 Å². The minimum atomic E-state index is -0.318. The molecule has 4 atom stereocenters. The molecule has 0 heterocycles. The van der Waals surface area contributed by atoms with Crippen molar-refractivity contribution in [3.05, 3.63) is 24.8 Å². The van der Waals surface area contributed by atoms with Gasteiger partial charge in [-0.1, -0.05) is 31.1 Å². The van der Waals surface area contributed by atoms with Crippen LogP contribution in [-0.2, 0) is 4.74 Å². The third-order valence-electron chi connectivity index (χ3n) is 4.69. The van der Waals surface area contributed by atoms with Gasteiger partial charge in [-0.05, 0) is 44.4 Å². The average molecular weight is 258 g/mol. The fraction of sp³-hybridized carbons (Fsp3) is 0.667. The highest BCUT2D eigenvalue weighted by molar-refractivity contribution is 5.19. The maximum atomic E-state index is 6.06. The summed E-state index contributed by atoms with van der Waals surface area (Å²) in [5, 5.41) is 0. The average Bonchev–Trinajstić information content (AvgIpc) is 2.68. The van der Waals surface area contributed by atoms with E-state index in [2.05, 4.69) is 31.9 Å². The van der Waals surface area contributed by atoms with Gasteiger partial charge in [0.15, 0.2) is 0 Å². The molecule has 2 rings (SSSR count). The Morgan fingerprint density at radius 1 is 1.37 bits per heavy atom. The van der Waals surface area contributed by atoms with E-state index in [0.717, 1.165) is 18.8 Å². The lowest BCUT2D eigenvalue weighted by molar-refractivity contribution is -0.0139. The maximum absolute atomic E-state index is 6.06. The second-order valence-corrected chi connectivity index (χ2v) is 6.63. The molecule has 0 saturated heterocycles. The first-order chi connectivity index (χ1) is 8.93. The lowest BCUT2D eigenvalue weighted by atomic mass is 9.80. The molecule has 19 heavy (non-hydrogen) atoms. The molecular weight excluding hydrogens is 232 g/mol. The van der Waals surface area contributed by atoms with Crippen molar-refractivity contribution in [2.45, 2.75) is 58.2 Å². The van der Waals surface area contributed by atoms with Crippen LogP contribution in [0.4, 0.5) is 0 Å². The van der Waals surface area contributed by atoms with Gasteiger partial charge in [-0.15, -0.1) is 12.5 Å². The monoisotopic (exact) mass is 258 g/mol. The van der Waals surface area contributed by atoms with Crippen molar-refractivity contribution in [3.8, 4) is 11.8 Å². The van der Waals surface area contributed by atoms with Gasteiger partial charge in [0.1, 0.15) is 6.10 Å². The lowest BCUT2D eigenvalue weighted by Gasteiger charge is -2.30. The van der Waals surface area contributed by atoms with E-state index in [4.69, 9.17) is 4.74 Å². The Morgan fingerprint density at radius 3 is 2.79 bits per heavy atom. The SMILES string of the molecule is C=CC(C)(C)O[C@@H]1C#CC[C@H]2[C@H](C)CC[C@H]2C(=C)C1. The van der Waals surface area contributed by atoms with Crippen LogP contribution in [0.15, 0.2) is 24.8 Å². The largest absolute Gasteiger partial charge is 0.355 e. The zero-order valence-electron chi connectivity index (χ0n) is 12.5. The highest BCUT2D eigenvalue weighted by atomic mass is 16.5. The zero-order valence-corrected chi connectivity index (χ0v) is 12.5. The summed E-state index contributed by atoms with van der Waals surface area (Å²) >= 11 is 0. The van der Waals surface area contributed by atoms with E-state index in [1.165, 1.54) is 18.4 Å². The summed E-state index contributed by atoms with van der Waals surface area (Å²) < 4.78 is 6.06. The van der Waals surface area contributed by atoms with E-state index in [9.17, 15) is 0 Å². The van der Waals surface area contributed by atoms with Gasteiger partial charge in [-0.25, -0.2) is 0 Å². The molecule has 0 aromatic heterocycles. The maximum Gasteiger partial charge on any atom is 0.123 e. The van der Waals surface area contributed by atoms with Crippen LogP contribution in [-0.4, -0.2) is 11.7 Å². The fourth-order valence-electron chi connectivity index (χ4n) is 3.33. The van der Waals surface area contributed by atoms with Crippen molar-refractivity contribution in [3.63, 3.8) is 0 Å². The molecule has 0 spiro atoms. The molecule has 2 aliphatic carbocycles. The minimum absolute atomic E-state index is 0.0302. The quantitative estimate of drug-likeness (QED) is 0.540. The highest BCUT2D eigenvalue weighted by Gasteiger charge is 2.36. The third-order valence-corrected chi connectivity index (χ3v) is 4.69. The Labute approximate surface area is 118 Å². The first-order valence-electron chi connectivity index (χ1n) is 7.40. The minimum Gasteiger partial charge on any atom is -0.355 e. The van der Waals surface area contributed by atoms with Crippen molar-refractivity contribution in [1.82, 2.24) is 0 Å². The van der Waals surface area contributed by atoms with Crippen LogP contribution in [0.1, 0.15) is 46.5 Å². The van der Waals surface area contributed by atoms with Crippen molar-refractivity contribution in [2.75, 3.05) is 0 Å². The van der Waals surface area contributed by atoms with Crippen molar-refractivity contribution < 1.29 is 4.74 Å². The van der Waals surface area contributed by atoms with Gasteiger partial charge in [-0.2, -0.15) is 0 Å². The molecule has 0 unspecified atom stereocenters. The summed E-state index contributed by atoms with van der Waals surface area (Å²) in [4.78, 5) is 0.